The molecule has 0 aliphatic heterocycles. The minimum absolute atomic E-state index is 0.00531. The Hall–Kier alpha value is -1.55. The molecule has 106 valence electrons. The van der Waals surface area contributed by atoms with Gasteiger partial charge in [-0.3, -0.25) is 4.79 Å². The highest BCUT2D eigenvalue weighted by atomic mass is 16.5. The fourth-order valence-electron chi connectivity index (χ4n) is 1.86. The van der Waals surface area contributed by atoms with Crippen molar-refractivity contribution in [1.82, 2.24) is 4.90 Å². The van der Waals surface area contributed by atoms with Crippen molar-refractivity contribution in [2.24, 2.45) is 0 Å². The lowest BCUT2D eigenvalue weighted by Crippen LogP contribution is -2.41. The first-order valence-corrected chi connectivity index (χ1v) is 6.70. The third-order valence-corrected chi connectivity index (χ3v) is 2.95. The summed E-state index contributed by atoms with van der Waals surface area (Å²) in [4.78, 5) is 13.6. The Morgan fingerprint density at radius 2 is 2.16 bits per heavy atom. The van der Waals surface area contributed by atoms with Crippen molar-refractivity contribution in [1.29, 1.82) is 0 Å². The Bertz CT molecular complexity index is 404. The minimum atomic E-state index is -0.106. The summed E-state index contributed by atoms with van der Waals surface area (Å²) in [5, 5.41) is 8.95. The number of carbonyl (C=O) groups is 1. The summed E-state index contributed by atoms with van der Waals surface area (Å²) in [6.45, 7) is 6.23. The number of carbonyl (C=O) groups excluding carboxylic acids is 1. The van der Waals surface area contributed by atoms with Gasteiger partial charge in [-0.25, -0.2) is 0 Å². The topological polar surface area (TPSA) is 49.8 Å². The first kappa shape index (κ1) is 15.5. The molecule has 1 aromatic rings. The van der Waals surface area contributed by atoms with Crippen LogP contribution in [0.25, 0.3) is 0 Å². The molecular formula is C15H23NO3. The molecule has 0 unspecified atom stereocenters. The van der Waals surface area contributed by atoms with Crippen molar-refractivity contribution in [3.8, 4) is 5.75 Å². The van der Waals surface area contributed by atoms with Crippen LogP contribution in [0.4, 0.5) is 0 Å². The molecule has 0 spiro atoms. The van der Waals surface area contributed by atoms with Crippen LogP contribution < -0.4 is 4.74 Å². The lowest BCUT2D eigenvalue weighted by atomic mass is 10.2. The number of amides is 1. The van der Waals surface area contributed by atoms with Gasteiger partial charge < -0.3 is 14.7 Å². The number of nitrogens with zero attached hydrogens (tertiary/aromatic N) is 1. The maximum atomic E-state index is 12.0. The molecule has 4 heteroatoms. The zero-order valence-corrected chi connectivity index (χ0v) is 11.9. The molecule has 1 N–H and O–H groups in total. The number of ether oxygens (including phenoxy) is 1. The van der Waals surface area contributed by atoms with Crippen molar-refractivity contribution in [2.75, 3.05) is 19.8 Å². The predicted octanol–water partition coefficient (Wildman–Crippen LogP) is 1.86. The summed E-state index contributed by atoms with van der Waals surface area (Å²) in [7, 11) is 0. The Morgan fingerprint density at radius 1 is 1.42 bits per heavy atom. The molecule has 1 rings (SSSR count). The minimum Gasteiger partial charge on any atom is -0.484 e. The summed E-state index contributed by atoms with van der Waals surface area (Å²) in [6, 6.07) is 7.80. The van der Waals surface area contributed by atoms with Crippen LogP contribution >= 0.6 is 0 Å². The summed E-state index contributed by atoms with van der Waals surface area (Å²) >= 11 is 0. The van der Waals surface area contributed by atoms with Gasteiger partial charge in [-0.1, -0.05) is 19.1 Å². The van der Waals surface area contributed by atoms with Crippen LogP contribution in [0, 0.1) is 0 Å². The van der Waals surface area contributed by atoms with Crippen LogP contribution in [-0.2, 0) is 11.2 Å². The highest BCUT2D eigenvalue weighted by molar-refractivity contribution is 5.78. The van der Waals surface area contributed by atoms with Crippen molar-refractivity contribution in [3.63, 3.8) is 0 Å². The van der Waals surface area contributed by atoms with E-state index in [-0.39, 0.29) is 25.2 Å². The number of aliphatic hydroxyl groups is 1. The molecule has 0 aliphatic carbocycles. The lowest BCUT2D eigenvalue weighted by molar-refractivity contribution is -0.135. The van der Waals surface area contributed by atoms with Gasteiger partial charge in [0.15, 0.2) is 6.61 Å². The first-order valence-electron chi connectivity index (χ1n) is 6.70. The maximum Gasteiger partial charge on any atom is 0.260 e. The number of rotatable bonds is 7. The van der Waals surface area contributed by atoms with Gasteiger partial charge in [0.05, 0.1) is 6.61 Å². The molecule has 0 heterocycles. The third kappa shape index (κ3) is 4.91. The smallest absolute Gasteiger partial charge is 0.260 e. The van der Waals surface area contributed by atoms with Crippen LogP contribution in [0.2, 0.25) is 0 Å². The standard InChI is InChI=1S/C15H23NO3/c1-4-13-6-5-7-14(10-13)19-11-15(18)16(8-9-17)12(2)3/h5-7,10,12,17H,4,8-9,11H2,1-3H3. The highest BCUT2D eigenvalue weighted by Gasteiger charge is 2.16. The Labute approximate surface area is 115 Å². The molecule has 0 atom stereocenters. The number of aliphatic hydroxyl groups excluding tert-OH is 1. The van der Waals surface area contributed by atoms with E-state index in [9.17, 15) is 4.79 Å². The zero-order chi connectivity index (χ0) is 14.3. The molecule has 0 saturated carbocycles. The highest BCUT2D eigenvalue weighted by Crippen LogP contribution is 2.14. The lowest BCUT2D eigenvalue weighted by Gasteiger charge is -2.25. The van der Waals surface area contributed by atoms with Crippen molar-refractivity contribution < 1.29 is 14.6 Å². The van der Waals surface area contributed by atoms with E-state index in [0.29, 0.717) is 12.3 Å². The Morgan fingerprint density at radius 3 is 2.74 bits per heavy atom. The zero-order valence-electron chi connectivity index (χ0n) is 11.9. The monoisotopic (exact) mass is 265 g/mol. The van der Waals surface area contributed by atoms with Crippen LogP contribution in [-0.4, -0.2) is 41.7 Å². The van der Waals surface area contributed by atoms with Gasteiger partial charge in [-0.15, -0.1) is 0 Å². The van der Waals surface area contributed by atoms with E-state index in [1.807, 2.05) is 38.1 Å². The largest absolute Gasteiger partial charge is 0.484 e. The van der Waals surface area contributed by atoms with Crippen LogP contribution in [0.3, 0.4) is 0 Å². The molecule has 4 nitrogen and oxygen atoms in total. The molecule has 0 aromatic heterocycles. The number of benzene rings is 1. The second-order valence-electron chi connectivity index (χ2n) is 4.69. The van der Waals surface area contributed by atoms with E-state index < -0.39 is 0 Å². The molecule has 0 radical (unpaired) electrons. The molecule has 19 heavy (non-hydrogen) atoms. The molecule has 0 bridgehead atoms. The summed E-state index contributed by atoms with van der Waals surface area (Å²) in [6.07, 6.45) is 0.938. The van der Waals surface area contributed by atoms with E-state index in [2.05, 4.69) is 6.92 Å². The van der Waals surface area contributed by atoms with Gasteiger partial charge in [0.25, 0.3) is 5.91 Å². The summed E-state index contributed by atoms with van der Waals surface area (Å²) in [5.74, 6) is 0.603. The fourth-order valence-corrected chi connectivity index (χ4v) is 1.86. The number of aryl methyl sites for hydroxylation is 1. The van der Waals surface area contributed by atoms with E-state index in [0.717, 1.165) is 6.42 Å². The third-order valence-electron chi connectivity index (χ3n) is 2.95. The quantitative estimate of drug-likeness (QED) is 0.818. The van der Waals surface area contributed by atoms with Crippen LogP contribution in [0.15, 0.2) is 24.3 Å². The SMILES string of the molecule is CCc1cccc(OCC(=O)N(CCO)C(C)C)c1. The van der Waals surface area contributed by atoms with Gasteiger partial charge >= 0.3 is 0 Å². The summed E-state index contributed by atoms with van der Waals surface area (Å²) < 4.78 is 5.51. The van der Waals surface area contributed by atoms with E-state index >= 15 is 0 Å². The van der Waals surface area contributed by atoms with Gasteiger partial charge in [-0.2, -0.15) is 0 Å². The molecule has 0 aliphatic rings. The molecule has 1 amide bonds. The van der Waals surface area contributed by atoms with Crippen molar-refractivity contribution in [3.05, 3.63) is 29.8 Å². The fraction of sp³-hybridized carbons (Fsp3) is 0.533. The van der Waals surface area contributed by atoms with Gasteiger partial charge in [0, 0.05) is 12.6 Å². The molecule has 1 aromatic carbocycles. The second-order valence-corrected chi connectivity index (χ2v) is 4.69. The molecule has 0 saturated heterocycles. The Balaban J connectivity index is 2.56. The number of hydrogen-bond donors (Lipinski definition) is 1. The Kier molecular flexibility index (Phi) is 6.36. The van der Waals surface area contributed by atoms with E-state index in [1.165, 1.54) is 5.56 Å². The maximum absolute atomic E-state index is 12.0. The molecule has 0 fully saturated rings. The van der Waals surface area contributed by atoms with Gasteiger partial charge in [0.1, 0.15) is 5.75 Å². The number of hydrogen-bond acceptors (Lipinski definition) is 3. The van der Waals surface area contributed by atoms with Gasteiger partial charge in [0.2, 0.25) is 0 Å². The van der Waals surface area contributed by atoms with Gasteiger partial charge in [-0.05, 0) is 38.0 Å². The normalized spacial score (nSPS) is 10.6. The van der Waals surface area contributed by atoms with E-state index in [4.69, 9.17) is 9.84 Å². The van der Waals surface area contributed by atoms with Crippen molar-refractivity contribution >= 4 is 5.91 Å². The first-order chi connectivity index (χ1) is 9.08. The summed E-state index contributed by atoms with van der Waals surface area (Å²) in [5.41, 5.74) is 1.18. The molecular weight excluding hydrogens is 242 g/mol. The average Bonchev–Trinajstić information content (AvgIpc) is 2.42. The van der Waals surface area contributed by atoms with Crippen LogP contribution in [0.1, 0.15) is 26.3 Å². The predicted molar refractivity (Wildman–Crippen MR) is 75.2 cm³/mol. The van der Waals surface area contributed by atoms with Crippen LogP contribution in [0.5, 0.6) is 5.75 Å². The van der Waals surface area contributed by atoms with Crippen molar-refractivity contribution in [2.45, 2.75) is 33.2 Å². The average molecular weight is 265 g/mol. The van der Waals surface area contributed by atoms with E-state index in [1.54, 1.807) is 4.90 Å². The second kappa shape index (κ2) is 7.79.